The molecule has 0 spiro atoms. The maximum atomic E-state index is 13.1. The zero-order chi connectivity index (χ0) is 20.2. The van der Waals surface area contributed by atoms with Crippen molar-refractivity contribution >= 4 is 5.91 Å². The second kappa shape index (κ2) is 8.10. The number of carbonyl (C=O) groups is 1. The quantitative estimate of drug-likeness (QED) is 0.559. The van der Waals surface area contributed by atoms with E-state index in [1.807, 2.05) is 97.5 Å². The van der Waals surface area contributed by atoms with Crippen LogP contribution in [0.5, 0.6) is 0 Å². The minimum absolute atomic E-state index is 0.175. The summed E-state index contributed by atoms with van der Waals surface area (Å²) in [6.07, 6.45) is 3.61. The lowest BCUT2D eigenvalue weighted by molar-refractivity contribution is 0.0940. The molecule has 2 heterocycles. The minimum atomic E-state index is -0.350. The molecule has 4 aromatic rings. The van der Waals surface area contributed by atoms with E-state index in [2.05, 4.69) is 15.3 Å². The summed E-state index contributed by atoms with van der Waals surface area (Å²) in [7, 11) is 1.92. The molecular weight excluding hydrogens is 360 g/mol. The molecule has 0 saturated carbocycles. The van der Waals surface area contributed by atoms with Crippen molar-refractivity contribution in [3.05, 3.63) is 108 Å². The molecule has 5 heteroatoms. The fourth-order valence-corrected chi connectivity index (χ4v) is 3.38. The molecule has 2 aromatic carbocycles. The third kappa shape index (κ3) is 3.94. The van der Waals surface area contributed by atoms with E-state index in [4.69, 9.17) is 0 Å². The summed E-state index contributed by atoms with van der Waals surface area (Å²) < 4.78 is 1.92. The first-order chi connectivity index (χ1) is 14.1. The van der Waals surface area contributed by atoms with E-state index in [1.165, 1.54) is 0 Å². The molecule has 0 fully saturated rings. The van der Waals surface area contributed by atoms with Crippen molar-refractivity contribution in [2.45, 2.75) is 13.0 Å². The molecule has 1 N–H and O–H groups in total. The smallest absolute Gasteiger partial charge is 0.253 e. The predicted molar refractivity (Wildman–Crippen MR) is 113 cm³/mol. The Hall–Kier alpha value is -3.73. The topological polar surface area (TPSA) is 59.8 Å². The number of aromatic nitrogens is 3. The van der Waals surface area contributed by atoms with Crippen molar-refractivity contribution in [1.29, 1.82) is 0 Å². The predicted octanol–water partition coefficient (Wildman–Crippen LogP) is 4.31. The number of aryl methyl sites for hydroxylation is 2. The van der Waals surface area contributed by atoms with Crippen molar-refractivity contribution in [2.75, 3.05) is 0 Å². The van der Waals surface area contributed by atoms with E-state index in [1.54, 1.807) is 6.20 Å². The molecule has 0 aliphatic carbocycles. The Labute approximate surface area is 170 Å². The molecule has 0 saturated heterocycles. The van der Waals surface area contributed by atoms with Crippen LogP contribution in [0.15, 0.2) is 85.2 Å². The molecule has 144 valence electrons. The van der Waals surface area contributed by atoms with Crippen LogP contribution in [0.2, 0.25) is 0 Å². The third-order valence-electron chi connectivity index (χ3n) is 4.92. The Morgan fingerprint density at radius 1 is 0.966 bits per heavy atom. The summed E-state index contributed by atoms with van der Waals surface area (Å²) >= 11 is 0. The lowest BCUT2D eigenvalue weighted by Crippen LogP contribution is -2.31. The number of amides is 1. The maximum Gasteiger partial charge on any atom is 0.253 e. The molecule has 5 nitrogen and oxygen atoms in total. The van der Waals surface area contributed by atoms with Crippen molar-refractivity contribution in [2.24, 2.45) is 7.05 Å². The second-order valence-electron chi connectivity index (χ2n) is 6.91. The summed E-state index contributed by atoms with van der Waals surface area (Å²) in [4.78, 5) is 22.2. The molecule has 29 heavy (non-hydrogen) atoms. The molecule has 1 amide bonds. The lowest BCUT2D eigenvalue weighted by Gasteiger charge is -2.20. The molecule has 0 unspecified atom stereocenters. The van der Waals surface area contributed by atoms with E-state index < -0.39 is 0 Å². The number of nitrogens with one attached hydrogen (secondary N) is 1. The van der Waals surface area contributed by atoms with Crippen molar-refractivity contribution in [3.8, 4) is 11.3 Å². The van der Waals surface area contributed by atoms with Gasteiger partial charge in [-0.3, -0.25) is 9.78 Å². The molecule has 4 rings (SSSR count). The van der Waals surface area contributed by atoms with Gasteiger partial charge in [0.2, 0.25) is 0 Å². The van der Waals surface area contributed by atoms with Gasteiger partial charge in [-0.05, 0) is 24.6 Å². The Morgan fingerprint density at radius 2 is 1.66 bits per heavy atom. The van der Waals surface area contributed by atoms with Crippen LogP contribution in [0.4, 0.5) is 0 Å². The molecule has 0 bridgehead atoms. The highest BCUT2D eigenvalue weighted by Gasteiger charge is 2.22. The molecule has 0 aliphatic rings. The molecule has 0 aliphatic heterocycles. The van der Waals surface area contributed by atoms with Crippen LogP contribution in [-0.4, -0.2) is 20.4 Å². The number of carbonyl (C=O) groups excluding carboxylic acids is 1. The summed E-state index contributed by atoms with van der Waals surface area (Å²) in [5, 5.41) is 3.13. The number of hydrogen-bond donors (Lipinski definition) is 1. The van der Waals surface area contributed by atoms with Gasteiger partial charge < -0.3 is 9.88 Å². The van der Waals surface area contributed by atoms with E-state index in [-0.39, 0.29) is 11.9 Å². The van der Waals surface area contributed by atoms with Crippen LogP contribution >= 0.6 is 0 Å². The Kier molecular flexibility index (Phi) is 5.20. The summed E-state index contributed by atoms with van der Waals surface area (Å²) in [6, 6.07) is 23.2. The van der Waals surface area contributed by atoms with Gasteiger partial charge in [-0.2, -0.15) is 0 Å². The molecule has 2 aromatic heterocycles. The Balaban J connectivity index is 1.64. The zero-order valence-corrected chi connectivity index (χ0v) is 16.4. The van der Waals surface area contributed by atoms with Gasteiger partial charge in [0.1, 0.15) is 11.9 Å². The molecule has 1 atom stereocenters. The normalized spacial score (nSPS) is 11.8. The van der Waals surface area contributed by atoms with E-state index in [0.717, 1.165) is 22.6 Å². The average molecular weight is 382 g/mol. The van der Waals surface area contributed by atoms with Crippen molar-refractivity contribution in [1.82, 2.24) is 19.9 Å². The van der Waals surface area contributed by atoms with Gasteiger partial charge in [0.25, 0.3) is 5.91 Å². The molecule has 0 radical (unpaired) electrons. The van der Waals surface area contributed by atoms with E-state index in [9.17, 15) is 4.79 Å². The number of nitrogens with zero attached hydrogens (tertiary/aromatic N) is 3. The monoisotopic (exact) mass is 382 g/mol. The summed E-state index contributed by atoms with van der Waals surface area (Å²) in [5.74, 6) is 0.600. The van der Waals surface area contributed by atoms with Gasteiger partial charge in [0, 0.05) is 25.0 Å². The van der Waals surface area contributed by atoms with Gasteiger partial charge in [-0.15, -0.1) is 0 Å². The SMILES string of the molecule is Cc1nc(-c2ccccc2)ccc1C(=O)N[C@@H](c1ccccc1)c1nccn1C. The molecular formula is C24H22N4O. The van der Waals surface area contributed by atoms with E-state index >= 15 is 0 Å². The van der Waals surface area contributed by atoms with Gasteiger partial charge in [0.15, 0.2) is 0 Å². The first-order valence-electron chi connectivity index (χ1n) is 9.49. The van der Waals surface area contributed by atoms with Crippen LogP contribution < -0.4 is 5.32 Å². The van der Waals surface area contributed by atoms with Crippen LogP contribution in [-0.2, 0) is 7.05 Å². The van der Waals surface area contributed by atoms with Gasteiger partial charge in [-0.25, -0.2) is 4.98 Å². The van der Waals surface area contributed by atoms with E-state index in [0.29, 0.717) is 11.3 Å². The first-order valence-corrected chi connectivity index (χ1v) is 9.49. The van der Waals surface area contributed by atoms with Gasteiger partial charge in [0.05, 0.1) is 17.0 Å². The van der Waals surface area contributed by atoms with Crippen LogP contribution in [0.3, 0.4) is 0 Å². The summed E-state index contributed by atoms with van der Waals surface area (Å²) in [5.41, 5.74) is 4.10. The highest BCUT2D eigenvalue weighted by atomic mass is 16.1. The summed E-state index contributed by atoms with van der Waals surface area (Å²) in [6.45, 7) is 1.86. The zero-order valence-electron chi connectivity index (χ0n) is 16.4. The average Bonchev–Trinajstić information content (AvgIpc) is 3.18. The maximum absolute atomic E-state index is 13.1. The fraction of sp³-hybridized carbons (Fsp3) is 0.125. The van der Waals surface area contributed by atoms with Crippen molar-refractivity contribution in [3.63, 3.8) is 0 Å². The van der Waals surface area contributed by atoms with Crippen LogP contribution in [0.1, 0.15) is 33.5 Å². The van der Waals surface area contributed by atoms with Crippen LogP contribution in [0, 0.1) is 6.92 Å². The second-order valence-corrected chi connectivity index (χ2v) is 6.91. The largest absolute Gasteiger partial charge is 0.338 e. The van der Waals surface area contributed by atoms with Crippen molar-refractivity contribution < 1.29 is 4.79 Å². The Morgan fingerprint density at radius 3 is 2.28 bits per heavy atom. The van der Waals surface area contributed by atoms with Crippen LogP contribution in [0.25, 0.3) is 11.3 Å². The Bertz CT molecular complexity index is 1120. The number of pyridine rings is 1. The van der Waals surface area contributed by atoms with Gasteiger partial charge in [-0.1, -0.05) is 60.7 Å². The van der Waals surface area contributed by atoms with Gasteiger partial charge >= 0.3 is 0 Å². The fourth-order valence-electron chi connectivity index (χ4n) is 3.38. The third-order valence-corrected chi connectivity index (χ3v) is 4.92. The lowest BCUT2D eigenvalue weighted by atomic mass is 10.0. The first kappa shape index (κ1) is 18.6. The number of benzene rings is 2. The standard InChI is InChI=1S/C24H22N4O/c1-17-20(13-14-21(26-17)18-9-5-3-6-10-18)24(29)27-22(19-11-7-4-8-12-19)23-25-15-16-28(23)2/h3-16,22H,1-2H3,(H,27,29)/t22-/m0/s1. The highest BCUT2D eigenvalue weighted by molar-refractivity contribution is 5.96. The number of hydrogen-bond acceptors (Lipinski definition) is 3. The number of rotatable bonds is 5. The number of imidazole rings is 1. The minimum Gasteiger partial charge on any atom is -0.338 e. The highest BCUT2D eigenvalue weighted by Crippen LogP contribution is 2.22.